The Morgan fingerprint density at radius 1 is 0.854 bits per heavy atom. The third kappa shape index (κ3) is 10.4. The number of nitrogens with one attached hydrogen (secondary N) is 1. The summed E-state index contributed by atoms with van der Waals surface area (Å²) < 4.78 is 55.6. The van der Waals surface area contributed by atoms with Crippen LogP contribution in [0, 0.1) is 0 Å². The van der Waals surface area contributed by atoms with E-state index < -0.39 is 11.7 Å². The summed E-state index contributed by atoms with van der Waals surface area (Å²) in [5.41, 5.74) is 4.59. The number of methoxy groups -OCH3 is 1. The van der Waals surface area contributed by atoms with Gasteiger partial charge in [0, 0.05) is 76.8 Å². The molecule has 9 nitrogen and oxygen atoms in total. The summed E-state index contributed by atoms with van der Waals surface area (Å²) >= 11 is 0. The Hall–Kier alpha value is -4.16. The molecular weight excluding hydrogens is 625 g/mol. The Balaban J connectivity index is 0.00000255. The van der Waals surface area contributed by atoms with Crippen LogP contribution >= 0.6 is 0 Å². The molecule has 5 rings (SSSR count). The Labute approximate surface area is 281 Å². The molecule has 2 aliphatic heterocycles. The number of likely N-dealkylation sites (tertiary alicyclic amines) is 1. The number of hydrogen-bond donors (Lipinski definition) is 1. The molecule has 0 aliphatic carbocycles. The summed E-state index contributed by atoms with van der Waals surface area (Å²) in [6.45, 7) is 9.75. The molecule has 1 N–H and O–H groups in total. The van der Waals surface area contributed by atoms with Crippen LogP contribution in [0.5, 0.6) is 17.2 Å². The fourth-order valence-corrected chi connectivity index (χ4v) is 5.71. The summed E-state index contributed by atoms with van der Waals surface area (Å²) in [5.74, 6) is 2.20. The van der Waals surface area contributed by atoms with E-state index in [0.29, 0.717) is 36.6 Å². The summed E-state index contributed by atoms with van der Waals surface area (Å²) in [6, 6.07) is 18.3. The van der Waals surface area contributed by atoms with Crippen LogP contribution in [0.15, 0.2) is 66.7 Å². The third-order valence-corrected chi connectivity index (χ3v) is 8.39. The Morgan fingerprint density at radius 3 is 2.10 bits per heavy atom. The van der Waals surface area contributed by atoms with Crippen molar-refractivity contribution in [2.45, 2.75) is 52.0 Å². The average molecular weight is 673 g/mol. The quantitative estimate of drug-likeness (QED) is 0.209. The van der Waals surface area contributed by atoms with Gasteiger partial charge in [0.15, 0.2) is 0 Å². The number of amides is 1. The lowest BCUT2D eigenvalue weighted by Crippen LogP contribution is -2.48. The molecule has 262 valence electrons. The standard InChI is InChI=1S/C34H41F3N4O5.C2H6/c1-43-32-23-30(11-12-31(32)38-44-2)46-29-13-17-41(18-14-29)33(42)15-16-39-19-21-40(22-20-39)27-7-9-28(10-8-27)45-24-25-3-5-26(6-4-25)34(35,36)37;1-2/h3-12,23,29,38H,13-22,24H2,1-2H3;1-2H3. The summed E-state index contributed by atoms with van der Waals surface area (Å²) in [4.78, 5) is 24.5. The normalized spacial score (nSPS) is 15.7. The maximum absolute atomic E-state index is 13.0. The first kappa shape index (κ1) is 36.7. The highest BCUT2D eigenvalue weighted by Gasteiger charge is 2.30. The topological polar surface area (TPSA) is 75.7 Å². The minimum Gasteiger partial charge on any atom is -0.494 e. The second kappa shape index (κ2) is 17.8. The van der Waals surface area contributed by atoms with Crippen LogP contribution in [0.2, 0.25) is 0 Å². The van der Waals surface area contributed by atoms with Crippen molar-refractivity contribution in [3.05, 3.63) is 77.9 Å². The first-order valence-electron chi connectivity index (χ1n) is 16.5. The van der Waals surface area contributed by atoms with Gasteiger partial charge in [-0.2, -0.15) is 13.2 Å². The van der Waals surface area contributed by atoms with Crippen molar-refractivity contribution in [3.8, 4) is 17.2 Å². The molecule has 48 heavy (non-hydrogen) atoms. The van der Waals surface area contributed by atoms with Gasteiger partial charge in [0.25, 0.3) is 0 Å². The number of piperidine rings is 1. The molecule has 0 spiro atoms. The number of carbonyl (C=O) groups excluding carboxylic acids is 1. The van der Waals surface area contributed by atoms with Gasteiger partial charge in [-0.1, -0.05) is 26.0 Å². The van der Waals surface area contributed by atoms with Gasteiger partial charge in [-0.15, -0.1) is 0 Å². The molecule has 2 aliphatic rings. The van der Waals surface area contributed by atoms with E-state index in [1.165, 1.54) is 12.1 Å². The number of piperazine rings is 1. The zero-order valence-electron chi connectivity index (χ0n) is 28.2. The van der Waals surface area contributed by atoms with E-state index in [2.05, 4.69) is 15.3 Å². The number of rotatable bonds is 12. The molecule has 0 aromatic heterocycles. The first-order chi connectivity index (χ1) is 23.2. The van der Waals surface area contributed by atoms with Crippen molar-refractivity contribution >= 4 is 17.3 Å². The molecule has 0 bridgehead atoms. The van der Waals surface area contributed by atoms with Crippen molar-refractivity contribution in [1.82, 2.24) is 9.80 Å². The van der Waals surface area contributed by atoms with Crippen molar-refractivity contribution in [2.75, 3.05) is 70.4 Å². The van der Waals surface area contributed by atoms with Crippen LogP contribution < -0.4 is 24.6 Å². The number of anilines is 2. The molecular formula is C36H47F3N4O5. The van der Waals surface area contributed by atoms with Crippen LogP contribution in [0.1, 0.15) is 44.2 Å². The fraction of sp³-hybridized carbons (Fsp3) is 0.472. The van der Waals surface area contributed by atoms with Crippen LogP contribution in [0.25, 0.3) is 0 Å². The lowest BCUT2D eigenvalue weighted by molar-refractivity contribution is -0.137. The van der Waals surface area contributed by atoms with Crippen LogP contribution in [0.4, 0.5) is 24.5 Å². The molecule has 12 heteroatoms. The van der Waals surface area contributed by atoms with Crippen molar-refractivity contribution in [1.29, 1.82) is 0 Å². The molecule has 3 aromatic rings. The van der Waals surface area contributed by atoms with Crippen molar-refractivity contribution in [2.24, 2.45) is 0 Å². The zero-order valence-corrected chi connectivity index (χ0v) is 28.2. The van der Waals surface area contributed by atoms with Crippen LogP contribution in [-0.2, 0) is 22.4 Å². The second-order valence-electron chi connectivity index (χ2n) is 11.4. The number of nitrogens with zero attached hydrogens (tertiary/aromatic N) is 3. The van der Waals surface area contributed by atoms with E-state index >= 15 is 0 Å². The number of hydrogen-bond acceptors (Lipinski definition) is 8. The molecule has 0 unspecified atom stereocenters. The lowest BCUT2D eigenvalue weighted by Gasteiger charge is -2.37. The summed E-state index contributed by atoms with van der Waals surface area (Å²) in [5, 5.41) is 0. The third-order valence-electron chi connectivity index (χ3n) is 8.39. The minimum absolute atomic E-state index is 0.0442. The molecule has 1 amide bonds. The molecule has 2 fully saturated rings. The Bertz CT molecular complexity index is 1410. The molecule has 2 saturated heterocycles. The predicted octanol–water partition coefficient (Wildman–Crippen LogP) is 6.87. The lowest BCUT2D eigenvalue weighted by atomic mass is 10.1. The smallest absolute Gasteiger partial charge is 0.416 e. The van der Waals surface area contributed by atoms with Gasteiger partial charge in [0.2, 0.25) is 5.91 Å². The monoisotopic (exact) mass is 672 g/mol. The van der Waals surface area contributed by atoms with E-state index in [-0.39, 0.29) is 18.6 Å². The van der Waals surface area contributed by atoms with E-state index in [9.17, 15) is 18.0 Å². The number of carbonyl (C=O) groups is 1. The summed E-state index contributed by atoms with van der Waals surface area (Å²) in [7, 11) is 3.14. The van der Waals surface area contributed by atoms with Gasteiger partial charge >= 0.3 is 6.18 Å². The van der Waals surface area contributed by atoms with Gasteiger partial charge in [-0.3, -0.25) is 20.0 Å². The number of ether oxygens (including phenoxy) is 3. The summed E-state index contributed by atoms with van der Waals surface area (Å²) in [6.07, 6.45) is -2.24. The SMILES string of the molecule is CC.CONc1ccc(OC2CCN(C(=O)CCN3CCN(c4ccc(OCc5ccc(C(F)(F)F)cc5)cc4)CC3)CC2)cc1OC. The maximum Gasteiger partial charge on any atom is 0.416 e. The van der Waals surface area contributed by atoms with Crippen molar-refractivity contribution < 1.29 is 37.0 Å². The van der Waals surface area contributed by atoms with Gasteiger partial charge in [0.1, 0.15) is 35.6 Å². The fourth-order valence-electron chi connectivity index (χ4n) is 5.71. The minimum atomic E-state index is -4.35. The maximum atomic E-state index is 13.0. The molecule has 0 atom stereocenters. The Morgan fingerprint density at radius 2 is 1.50 bits per heavy atom. The van der Waals surface area contributed by atoms with Crippen LogP contribution in [0.3, 0.4) is 0 Å². The average Bonchev–Trinajstić information content (AvgIpc) is 3.12. The van der Waals surface area contributed by atoms with E-state index in [1.807, 2.05) is 61.2 Å². The number of halogens is 3. The van der Waals surface area contributed by atoms with Gasteiger partial charge in [-0.25, -0.2) is 0 Å². The van der Waals surface area contributed by atoms with Gasteiger partial charge in [0.05, 0.1) is 19.8 Å². The molecule has 0 radical (unpaired) electrons. The predicted molar refractivity (Wildman–Crippen MR) is 181 cm³/mol. The van der Waals surface area contributed by atoms with Crippen LogP contribution in [-0.4, -0.2) is 81.8 Å². The Kier molecular flexibility index (Phi) is 13.6. The zero-order chi connectivity index (χ0) is 34.5. The van der Waals surface area contributed by atoms with E-state index in [4.69, 9.17) is 19.0 Å². The van der Waals surface area contributed by atoms with Gasteiger partial charge < -0.3 is 24.0 Å². The molecule has 3 aromatic carbocycles. The van der Waals surface area contributed by atoms with Gasteiger partial charge in [-0.05, 0) is 54.1 Å². The molecule has 2 heterocycles. The highest BCUT2D eigenvalue weighted by Crippen LogP contribution is 2.31. The number of alkyl halides is 3. The van der Waals surface area contributed by atoms with Crippen molar-refractivity contribution in [3.63, 3.8) is 0 Å². The molecule has 0 saturated carbocycles. The highest BCUT2D eigenvalue weighted by atomic mass is 19.4. The highest BCUT2D eigenvalue weighted by molar-refractivity contribution is 5.76. The van der Waals surface area contributed by atoms with E-state index in [0.717, 1.165) is 74.8 Å². The van der Waals surface area contributed by atoms with E-state index in [1.54, 1.807) is 14.2 Å². The largest absolute Gasteiger partial charge is 0.494 e. The number of benzene rings is 3. The first-order valence-corrected chi connectivity index (χ1v) is 16.5. The second-order valence-corrected chi connectivity index (χ2v) is 11.4.